The first kappa shape index (κ1) is 20.9. The fourth-order valence-electron chi connectivity index (χ4n) is 2.43. The van der Waals surface area contributed by atoms with Gasteiger partial charge < -0.3 is 4.18 Å². The van der Waals surface area contributed by atoms with Crippen molar-refractivity contribution >= 4 is 10.4 Å². The van der Waals surface area contributed by atoms with Crippen molar-refractivity contribution in [2.45, 2.75) is 78.1 Å². The van der Waals surface area contributed by atoms with Crippen LogP contribution in [0.5, 0.6) is 5.88 Å². The summed E-state index contributed by atoms with van der Waals surface area (Å²) in [5, 5.41) is 0. The van der Waals surface area contributed by atoms with Crippen LogP contribution in [0.2, 0.25) is 0 Å². The Morgan fingerprint density at radius 1 is 0.958 bits per heavy atom. The Bertz CT molecular complexity index is 546. The average Bonchev–Trinajstić information content (AvgIpc) is 2.52. The third-order valence-corrected chi connectivity index (χ3v) is 4.63. The molecule has 0 saturated carbocycles. The van der Waals surface area contributed by atoms with Gasteiger partial charge >= 0.3 is 10.4 Å². The Kier molecular flexibility index (Phi) is 10.7. The third kappa shape index (κ3) is 10.6. The molecule has 6 heteroatoms. The zero-order valence-corrected chi connectivity index (χ0v) is 15.8. The van der Waals surface area contributed by atoms with Gasteiger partial charge in [-0.3, -0.25) is 0 Å². The second-order valence-electron chi connectivity index (χ2n) is 6.17. The van der Waals surface area contributed by atoms with E-state index in [0.29, 0.717) is 0 Å². The Labute approximate surface area is 147 Å². The van der Waals surface area contributed by atoms with Crippen LogP contribution < -0.4 is 4.18 Å². The summed E-state index contributed by atoms with van der Waals surface area (Å²) in [7, 11) is -4.02. The summed E-state index contributed by atoms with van der Waals surface area (Å²) in [5.74, 6) is 0.0399. The molecule has 0 fully saturated rings. The molecule has 0 aliphatic heterocycles. The van der Waals surface area contributed by atoms with Crippen molar-refractivity contribution in [3.05, 3.63) is 23.9 Å². The summed E-state index contributed by atoms with van der Waals surface area (Å²) in [6.45, 7) is 4.22. The van der Waals surface area contributed by atoms with Crippen molar-refractivity contribution in [2.24, 2.45) is 0 Å². The Balaban J connectivity index is 2.04. The molecule has 0 saturated heterocycles. The quantitative estimate of drug-likeness (QED) is 0.441. The maximum absolute atomic E-state index is 11.7. The molecule has 1 rings (SSSR count). The maximum Gasteiger partial charge on any atom is 0.450 e. The van der Waals surface area contributed by atoms with E-state index in [1.807, 2.05) is 6.92 Å². The average molecular weight is 358 g/mol. The van der Waals surface area contributed by atoms with Gasteiger partial charge in [-0.25, -0.2) is 9.17 Å². The maximum atomic E-state index is 11.7. The van der Waals surface area contributed by atoms with Gasteiger partial charge in [0, 0.05) is 12.3 Å². The van der Waals surface area contributed by atoms with Gasteiger partial charge in [-0.15, -0.1) is 0 Å². The molecule has 24 heavy (non-hydrogen) atoms. The number of hydrogen-bond donors (Lipinski definition) is 0. The molecule has 0 atom stereocenters. The highest BCUT2D eigenvalue weighted by Crippen LogP contribution is 2.13. The van der Waals surface area contributed by atoms with E-state index in [1.165, 1.54) is 51.1 Å². The Morgan fingerprint density at radius 3 is 2.12 bits per heavy atom. The van der Waals surface area contributed by atoms with Crippen molar-refractivity contribution in [2.75, 3.05) is 6.61 Å². The van der Waals surface area contributed by atoms with Crippen LogP contribution in [0.25, 0.3) is 0 Å². The standard InChI is InChI=1S/C18H31NO4S/c1-3-4-5-6-7-8-9-10-11-12-15-22-24(20,21)23-18-16-17(2)13-14-19-18/h13-14,16H,3-12,15H2,1-2H3. The highest BCUT2D eigenvalue weighted by Gasteiger charge is 2.14. The predicted octanol–water partition coefficient (Wildman–Crippen LogP) is 4.95. The second-order valence-corrected chi connectivity index (χ2v) is 7.39. The smallest absolute Gasteiger partial charge is 0.341 e. The van der Waals surface area contributed by atoms with Crippen LogP contribution in [0.15, 0.2) is 18.3 Å². The normalized spacial score (nSPS) is 11.6. The third-order valence-electron chi connectivity index (χ3n) is 3.80. The number of nitrogens with zero attached hydrogens (tertiary/aromatic N) is 1. The first-order valence-electron chi connectivity index (χ1n) is 9.05. The van der Waals surface area contributed by atoms with Crippen LogP contribution in [0.4, 0.5) is 0 Å². The van der Waals surface area contributed by atoms with Crippen LogP contribution in [-0.2, 0) is 14.6 Å². The summed E-state index contributed by atoms with van der Waals surface area (Å²) < 4.78 is 33.0. The van der Waals surface area contributed by atoms with E-state index in [2.05, 4.69) is 11.9 Å². The number of rotatable bonds is 14. The first-order valence-corrected chi connectivity index (χ1v) is 10.4. The lowest BCUT2D eigenvalue weighted by molar-refractivity contribution is 0.264. The SMILES string of the molecule is CCCCCCCCCCCCOS(=O)(=O)Oc1cc(C)ccn1. The van der Waals surface area contributed by atoms with Gasteiger partial charge in [0.1, 0.15) is 0 Å². The first-order chi connectivity index (χ1) is 11.5. The zero-order valence-electron chi connectivity index (χ0n) is 15.0. The van der Waals surface area contributed by atoms with Crippen molar-refractivity contribution in [1.29, 1.82) is 0 Å². The molecule has 0 bridgehead atoms. The molecule has 5 nitrogen and oxygen atoms in total. The molecule has 0 amide bonds. The van der Waals surface area contributed by atoms with Crippen molar-refractivity contribution in [3.63, 3.8) is 0 Å². The molecule has 0 unspecified atom stereocenters. The number of hydrogen-bond acceptors (Lipinski definition) is 5. The molecule has 1 heterocycles. The summed E-state index contributed by atoms with van der Waals surface area (Å²) >= 11 is 0. The zero-order chi connectivity index (χ0) is 17.7. The number of pyridine rings is 1. The molecule has 0 aliphatic rings. The molecule has 0 radical (unpaired) electrons. The van der Waals surface area contributed by atoms with Gasteiger partial charge in [-0.2, -0.15) is 8.42 Å². The van der Waals surface area contributed by atoms with Gasteiger partial charge in [0.05, 0.1) is 6.61 Å². The van der Waals surface area contributed by atoms with E-state index in [1.54, 1.807) is 12.1 Å². The molecule has 138 valence electrons. The lowest BCUT2D eigenvalue weighted by atomic mass is 10.1. The minimum absolute atomic E-state index is 0.0399. The number of aryl methyl sites for hydroxylation is 1. The van der Waals surface area contributed by atoms with Crippen molar-refractivity contribution < 1.29 is 16.8 Å². The number of unbranched alkanes of at least 4 members (excludes halogenated alkanes) is 9. The summed E-state index contributed by atoms with van der Waals surface area (Å²) in [6, 6.07) is 3.32. The topological polar surface area (TPSA) is 65.5 Å². The minimum Gasteiger partial charge on any atom is -0.341 e. The summed E-state index contributed by atoms with van der Waals surface area (Å²) in [6.07, 6.45) is 13.4. The molecule has 0 aliphatic carbocycles. The van der Waals surface area contributed by atoms with Crippen molar-refractivity contribution in [3.8, 4) is 5.88 Å². The van der Waals surface area contributed by atoms with E-state index in [-0.39, 0.29) is 12.5 Å². The van der Waals surface area contributed by atoms with Crippen LogP contribution in [0.3, 0.4) is 0 Å². The van der Waals surface area contributed by atoms with E-state index >= 15 is 0 Å². The molecular formula is C18H31NO4S. The van der Waals surface area contributed by atoms with Crippen LogP contribution >= 0.6 is 0 Å². The molecule has 0 spiro atoms. The van der Waals surface area contributed by atoms with E-state index < -0.39 is 10.4 Å². The number of aromatic nitrogens is 1. The van der Waals surface area contributed by atoms with E-state index in [4.69, 9.17) is 8.37 Å². The monoisotopic (exact) mass is 357 g/mol. The largest absolute Gasteiger partial charge is 0.450 e. The molecular weight excluding hydrogens is 326 g/mol. The highest BCUT2D eigenvalue weighted by molar-refractivity contribution is 7.82. The lowest BCUT2D eigenvalue weighted by Gasteiger charge is -2.06. The van der Waals surface area contributed by atoms with Gasteiger partial charge in [0.2, 0.25) is 5.88 Å². The summed E-state index contributed by atoms with van der Waals surface area (Å²) in [4.78, 5) is 3.85. The summed E-state index contributed by atoms with van der Waals surface area (Å²) in [5.41, 5.74) is 0.880. The highest BCUT2D eigenvalue weighted by atomic mass is 32.3. The second kappa shape index (κ2) is 12.3. The lowest BCUT2D eigenvalue weighted by Crippen LogP contribution is -2.14. The van der Waals surface area contributed by atoms with Crippen LogP contribution in [0, 0.1) is 6.92 Å². The Morgan fingerprint density at radius 2 is 1.54 bits per heavy atom. The predicted molar refractivity (Wildman–Crippen MR) is 96.3 cm³/mol. The fourth-order valence-corrected chi connectivity index (χ4v) is 3.10. The van der Waals surface area contributed by atoms with Crippen LogP contribution in [0.1, 0.15) is 76.7 Å². The molecule has 1 aromatic rings. The molecule has 0 aromatic carbocycles. The minimum atomic E-state index is -4.02. The van der Waals surface area contributed by atoms with E-state index in [0.717, 1.165) is 24.8 Å². The van der Waals surface area contributed by atoms with Gasteiger partial charge in [0.25, 0.3) is 0 Å². The van der Waals surface area contributed by atoms with Crippen molar-refractivity contribution in [1.82, 2.24) is 4.98 Å². The van der Waals surface area contributed by atoms with Gasteiger partial charge in [-0.1, -0.05) is 64.7 Å². The van der Waals surface area contributed by atoms with E-state index in [9.17, 15) is 8.42 Å². The Hall–Kier alpha value is -1.14. The van der Waals surface area contributed by atoms with Crippen LogP contribution in [-0.4, -0.2) is 20.0 Å². The molecule has 1 aromatic heterocycles. The van der Waals surface area contributed by atoms with Gasteiger partial charge in [-0.05, 0) is 25.0 Å². The molecule has 0 N–H and O–H groups in total. The van der Waals surface area contributed by atoms with Gasteiger partial charge in [0.15, 0.2) is 0 Å². The fraction of sp³-hybridized carbons (Fsp3) is 0.722.